The van der Waals surface area contributed by atoms with Crippen LogP contribution >= 0.6 is 0 Å². The molecule has 0 radical (unpaired) electrons. The Morgan fingerprint density at radius 2 is 1.11 bits per heavy atom. The van der Waals surface area contributed by atoms with Crippen LogP contribution in [-0.4, -0.2) is 83.2 Å². The van der Waals surface area contributed by atoms with Crippen LogP contribution in [0.3, 0.4) is 0 Å². The third-order valence-corrected chi connectivity index (χ3v) is 7.06. The van der Waals surface area contributed by atoms with Crippen molar-refractivity contribution in [3.63, 3.8) is 0 Å². The maximum Gasteiger partial charge on any atom is 0.102 e. The summed E-state index contributed by atoms with van der Waals surface area (Å²) in [6.45, 7) is 6.24. The minimum Gasteiger partial charge on any atom is -0.390 e. The zero-order valence-corrected chi connectivity index (χ0v) is 17.3. The molecule has 4 unspecified atom stereocenters. The molecule has 6 heteroatoms. The van der Waals surface area contributed by atoms with E-state index in [0.29, 0.717) is 24.7 Å². The number of aliphatic hydroxyl groups is 2. The van der Waals surface area contributed by atoms with Crippen LogP contribution in [0.25, 0.3) is 0 Å². The predicted octanol–water partition coefficient (Wildman–Crippen LogP) is 2.30. The second-order valence-electron chi connectivity index (χ2n) is 9.15. The van der Waals surface area contributed by atoms with Gasteiger partial charge in [0.05, 0.1) is 12.2 Å². The van der Waals surface area contributed by atoms with Gasteiger partial charge in [-0.1, -0.05) is 12.8 Å². The second kappa shape index (κ2) is 9.57. The van der Waals surface area contributed by atoms with Crippen molar-refractivity contribution in [2.24, 2.45) is 21.8 Å². The van der Waals surface area contributed by atoms with Crippen LogP contribution in [-0.2, 0) is 0 Å². The molecule has 0 aromatic heterocycles. The summed E-state index contributed by atoms with van der Waals surface area (Å²) in [5.74, 6) is 3.00. The van der Waals surface area contributed by atoms with Gasteiger partial charge in [-0.25, -0.2) is 0 Å². The highest BCUT2D eigenvalue weighted by Crippen LogP contribution is 2.29. The van der Waals surface area contributed by atoms with Crippen molar-refractivity contribution in [1.82, 2.24) is 9.80 Å². The third-order valence-electron chi connectivity index (χ3n) is 7.06. The van der Waals surface area contributed by atoms with Crippen LogP contribution in [0.5, 0.6) is 0 Å². The monoisotopic (exact) mass is 390 g/mol. The molecule has 4 heterocycles. The second-order valence-corrected chi connectivity index (χ2v) is 9.15. The van der Waals surface area contributed by atoms with Crippen molar-refractivity contribution in [3.8, 4) is 0 Å². The summed E-state index contributed by atoms with van der Waals surface area (Å²) in [4.78, 5) is 14.5. The Balaban J connectivity index is 1.38. The molecule has 0 bridgehead atoms. The van der Waals surface area contributed by atoms with Gasteiger partial charge in [0.25, 0.3) is 0 Å². The first-order chi connectivity index (χ1) is 13.7. The first kappa shape index (κ1) is 20.1. The van der Waals surface area contributed by atoms with Crippen molar-refractivity contribution < 1.29 is 10.2 Å². The fourth-order valence-electron chi connectivity index (χ4n) is 5.56. The zero-order chi connectivity index (χ0) is 19.3. The Labute approximate surface area is 169 Å². The zero-order valence-electron chi connectivity index (χ0n) is 17.3. The standard InChI is InChI=1S/C22H38N4O2/c27-19(15-17-7-1-3-11-25-13-5-9-23-21(17)25)20(28)16-18-8-2-4-12-26-14-6-10-24-22(18)26/h17-20,27-28H,1-16H2. The van der Waals surface area contributed by atoms with Crippen LogP contribution < -0.4 is 0 Å². The molecule has 4 atom stereocenters. The highest BCUT2D eigenvalue weighted by atomic mass is 16.3. The van der Waals surface area contributed by atoms with E-state index >= 15 is 0 Å². The summed E-state index contributed by atoms with van der Waals surface area (Å²) in [6.07, 6.45) is 9.20. The number of fused-ring (bicyclic) bond motifs is 2. The Morgan fingerprint density at radius 1 is 0.679 bits per heavy atom. The summed E-state index contributed by atoms with van der Waals surface area (Å²) in [5, 5.41) is 21.7. The van der Waals surface area contributed by atoms with E-state index in [9.17, 15) is 10.2 Å². The van der Waals surface area contributed by atoms with Gasteiger partial charge in [-0.15, -0.1) is 0 Å². The van der Waals surface area contributed by atoms with Crippen LogP contribution in [0.4, 0.5) is 0 Å². The van der Waals surface area contributed by atoms with E-state index in [0.717, 1.165) is 65.0 Å². The fourth-order valence-corrected chi connectivity index (χ4v) is 5.56. The number of rotatable bonds is 5. The van der Waals surface area contributed by atoms with Gasteiger partial charge in [-0.05, 0) is 51.4 Å². The van der Waals surface area contributed by atoms with Crippen LogP contribution in [0.2, 0.25) is 0 Å². The van der Waals surface area contributed by atoms with E-state index in [1.165, 1.54) is 37.4 Å². The van der Waals surface area contributed by atoms with Gasteiger partial charge >= 0.3 is 0 Å². The molecule has 4 aliphatic rings. The molecule has 2 N–H and O–H groups in total. The lowest BCUT2D eigenvalue weighted by atomic mass is 9.87. The van der Waals surface area contributed by atoms with Crippen molar-refractivity contribution in [2.45, 2.75) is 76.4 Å². The SMILES string of the molecule is OC(CC1CCCCN2CCCN=C12)C(O)CC1CCCCN2CCCN=C12. The molecule has 2 saturated heterocycles. The van der Waals surface area contributed by atoms with E-state index in [4.69, 9.17) is 9.98 Å². The number of amidine groups is 2. The number of hydrogen-bond acceptors (Lipinski definition) is 6. The highest BCUT2D eigenvalue weighted by Gasteiger charge is 2.33. The molecule has 2 fully saturated rings. The maximum atomic E-state index is 10.9. The van der Waals surface area contributed by atoms with Gasteiger partial charge in [0.15, 0.2) is 0 Å². The van der Waals surface area contributed by atoms with Gasteiger partial charge in [-0.3, -0.25) is 9.98 Å². The molecule has 0 spiro atoms. The lowest BCUT2D eigenvalue weighted by molar-refractivity contribution is -0.00157. The smallest absolute Gasteiger partial charge is 0.102 e. The topological polar surface area (TPSA) is 71.7 Å². The molecule has 4 rings (SSSR count). The van der Waals surface area contributed by atoms with Crippen molar-refractivity contribution >= 4 is 11.7 Å². The molecule has 0 amide bonds. The summed E-state index contributed by atoms with van der Waals surface area (Å²) in [5.41, 5.74) is 0. The average Bonchev–Trinajstić information content (AvgIpc) is 3.05. The Hall–Kier alpha value is -1.14. The van der Waals surface area contributed by atoms with E-state index in [1.807, 2.05) is 0 Å². The Bertz CT molecular complexity index is 529. The quantitative estimate of drug-likeness (QED) is 0.756. The van der Waals surface area contributed by atoms with Gasteiger partial charge in [0, 0.05) is 51.1 Å². The number of nitrogens with zero attached hydrogens (tertiary/aromatic N) is 4. The summed E-state index contributed by atoms with van der Waals surface area (Å²) in [7, 11) is 0. The van der Waals surface area contributed by atoms with Gasteiger partial charge in [0.1, 0.15) is 11.7 Å². The minimum atomic E-state index is -0.671. The maximum absolute atomic E-state index is 10.9. The molecule has 0 saturated carbocycles. The Morgan fingerprint density at radius 3 is 1.57 bits per heavy atom. The molecule has 158 valence electrons. The lowest BCUT2D eigenvalue weighted by Gasteiger charge is -2.34. The fraction of sp³-hybridized carbons (Fsp3) is 0.909. The molecule has 6 nitrogen and oxygen atoms in total. The molecule has 0 aromatic carbocycles. The predicted molar refractivity (Wildman–Crippen MR) is 113 cm³/mol. The summed E-state index contributed by atoms with van der Waals surface area (Å²) in [6, 6.07) is 0. The van der Waals surface area contributed by atoms with Crippen LogP contribution in [0.1, 0.15) is 64.2 Å². The van der Waals surface area contributed by atoms with E-state index in [1.54, 1.807) is 0 Å². The normalized spacial score (nSPS) is 30.9. The average molecular weight is 391 g/mol. The van der Waals surface area contributed by atoms with E-state index in [-0.39, 0.29) is 0 Å². The van der Waals surface area contributed by atoms with Crippen molar-refractivity contribution in [3.05, 3.63) is 0 Å². The van der Waals surface area contributed by atoms with Gasteiger partial charge < -0.3 is 20.0 Å². The van der Waals surface area contributed by atoms with Crippen molar-refractivity contribution in [1.29, 1.82) is 0 Å². The first-order valence-electron chi connectivity index (χ1n) is 11.7. The van der Waals surface area contributed by atoms with Crippen LogP contribution in [0, 0.1) is 11.8 Å². The molecule has 28 heavy (non-hydrogen) atoms. The number of aliphatic hydroxyl groups excluding tert-OH is 2. The largest absolute Gasteiger partial charge is 0.390 e. The number of hydrogen-bond donors (Lipinski definition) is 2. The van der Waals surface area contributed by atoms with Crippen molar-refractivity contribution in [2.75, 3.05) is 39.3 Å². The molecule has 0 aromatic rings. The van der Waals surface area contributed by atoms with Crippen LogP contribution in [0.15, 0.2) is 9.98 Å². The number of aliphatic imine (C=N–C) groups is 2. The summed E-state index contributed by atoms with van der Waals surface area (Å²) >= 11 is 0. The van der Waals surface area contributed by atoms with E-state index in [2.05, 4.69) is 9.80 Å². The van der Waals surface area contributed by atoms with E-state index < -0.39 is 12.2 Å². The van der Waals surface area contributed by atoms with Gasteiger partial charge in [-0.2, -0.15) is 0 Å². The highest BCUT2D eigenvalue weighted by molar-refractivity contribution is 5.86. The lowest BCUT2D eigenvalue weighted by Crippen LogP contribution is -2.43. The summed E-state index contributed by atoms with van der Waals surface area (Å²) < 4.78 is 0. The molecular weight excluding hydrogens is 352 g/mol. The first-order valence-corrected chi connectivity index (χ1v) is 11.7. The molecular formula is C22H38N4O2. The Kier molecular flexibility index (Phi) is 6.89. The third kappa shape index (κ3) is 4.70. The molecule has 4 aliphatic heterocycles. The van der Waals surface area contributed by atoms with Gasteiger partial charge in [0.2, 0.25) is 0 Å². The molecule has 0 aliphatic carbocycles. The minimum absolute atomic E-state index is 0.296.